The Labute approximate surface area is 227 Å². The van der Waals surface area contributed by atoms with Crippen molar-refractivity contribution in [1.82, 2.24) is 15.3 Å². The van der Waals surface area contributed by atoms with E-state index >= 15 is 0 Å². The summed E-state index contributed by atoms with van der Waals surface area (Å²) in [6.07, 6.45) is 0. The van der Waals surface area contributed by atoms with Crippen LogP contribution >= 0.6 is 11.6 Å². The van der Waals surface area contributed by atoms with E-state index in [0.717, 1.165) is 4.31 Å². The van der Waals surface area contributed by atoms with Crippen molar-refractivity contribution in [2.75, 3.05) is 29.1 Å². The fraction of sp³-hybridized carbons (Fsp3) is 0.192. The van der Waals surface area contributed by atoms with Crippen LogP contribution in [-0.4, -0.2) is 44.0 Å². The number of hydrogen-bond donors (Lipinski definition) is 4. The second kappa shape index (κ2) is 11.2. The van der Waals surface area contributed by atoms with Gasteiger partial charge in [0, 0.05) is 11.8 Å². The molecule has 12 heteroatoms. The first kappa shape index (κ1) is 27.1. The highest BCUT2D eigenvalue weighted by Crippen LogP contribution is 2.36. The molecule has 38 heavy (non-hydrogen) atoms. The van der Waals surface area contributed by atoms with Crippen molar-refractivity contribution in [2.45, 2.75) is 19.4 Å². The minimum atomic E-state index is -3.23. The lowest BCUT2D eigenvalue weighted by Gasteiger charge is -2.24. The molecule has 0 saturated carbocycles. The van der Waals surface area contributed by atoms with Gasteiger partial charge in [-0.25, -0.2) is 22.7 Å². The molecule has 4 aromatic rings. The van der Waals surface area contributed by atoms with Crippen molar-refractivity contribution in [1.29, 1.82) is 0 Å². The lowest BCUT2D eigenvalue weighted by Crippen LogP contribution is -2.47. The summed E-state index contributed by atoms with van der Waals surface area (Å²) < 4.78 is 31.7. The number of carbonyl (C=O) groups is 1. The number of nitrogens with zero attached hydrogens (tertiary/aromatic N) is 3. The van der Waals surface area contributed by atoms with Crippen LogP contribution in [0.4, 0.5) is 28.7 Å². The Balaban J connectivity index is 1.83. The van der Waals surface area contributed by atoms with Crippen molar-refractivity contribution < 1.29 is 17.9 Å². The fourth-order valence-electron chi connectivity index (χ4n) is 3.49. The van der Waals surface area contributed by atoms with Crippen LogP contribution < -0.4 is 25.0 Å². The summed E-state index contributed by atoms with van der Waals surface area (Å²) in [5.41, 5.74) is 1.33. The van der Waals surface area contributed by atoms with E-state index in [0.29, 0.717) is 33.2 Å². The first-order valence-corrected chi connectivity index (χ1v) is 13.1. The number of methoxy groups -OCH3 is 1. The van der Waals surface area contributed by atoms with Crippen LogP contribution in [0.3, 0.4) is 0 Å². The SMILES string of the molecule is CNC(C)(C)C(=O)Nc1cccc(N(c2nc3ccccc3nc2Nc2cc(OC)ccc2Cl)[SH](=O)=O)c1. The summed E-state index contributed by atoms with van der Waals surface area (Å²) >= 11 is 6.41. The van der Waals surface area contributed by atoms with Crippen molar-refractivity contribution in [3.8, 4) is 5.75 Å². The lowest BCUT2D eigenvalue weighted by atomic mass is 10.1. The second-order valence-electron chi connectivity index (χ2n) is 8.78. The highest BCUT2D eigenvalue weighted by Gasteiger charge is 2.26. The van der Waals surface area contributed by atoms with Gasteiger partial charge in [0.2, 0.25) is 16.8 Å². The fourth-order valence-corrected chi connectivity index (χ4v) is 4.26. The maximum Gasteiger partial charge on any atom is 0.244 e. The maximum atomic E-state index is 12.7. The Hall–Kier alpha value is -3.93. The largest absolute Gasteiger partial charge is 0.497 e. The van der Waals surface area contributed by atoms with E-state index in [-0.39, 0.29) is 23.2 Å². The number of carbonyl (C=O) groups excluding carboxylic acids is 1. The van der Waals surface area contributed by atoms with Crippen LogP contribution in [0, 0.1) is 0 Å². The average molecular weight is 555 g/mol. The van der Waals surface area contributed by atoms with E-state index in [9.17, 15) is 13.2 Å². The van der Waals surface area contributed by atoms with E-state index in [4.69, 9.17) is 16.3 Å². The van der Waals surface area contributed by atoms with Crippen LogP contribution in [0.1, 0.15) is 13.8 Å². The standard InChI is InChI=1S/C26H27ClN6O4S/c1-26(2,28-3)25(34)29-16-8-7-9-17(14-16)33(38(35)36)24-23(30-20-10-5-6-11-21(20)32-24)31-22-15-18(37-4)12-13-19(22)27/h5-15,28,38H,1-4H3,(H,29,34)(H,30,31). The van der Waals surface area contributed by atoms with Crippen molar-refractivity contribution in [3.05, 3.63) is 71.8 Å². The number of amides is 1. The molecule has 0 spiro atoms. The van der Waals surface area contributed by atoms with Gasteiger partial charge < -0.3 is 20.7 Å². The highest BCUT2D eigenvalue weighted by molar-refractivity contribution is 7.74. The summed E-state index contributed by atoms with van der Waals surface area (Å²) in [7, 11) is -0.0188. The molecule has 0 aliphatic rings. The molecule has 0 unspecified atom stereocenters. The van der Waals surface area contributed by atoms with Crippen molar-refractivity contribution in [3.63, 3.8) is 0 Å². The molecule has 1 aromatic heterocycles. The number of halogens is 1. The van der Waals surface area contributed by atoms with E-state index in [1.54, 1.807) is 81.6 Å². The Kier molecular flexibility index (Phi) is 8.00. The second-order valence-corrected chi connectivity index (χ2v) is 10.1. The van der Waals surface area contributed by atoms with Crippen LogP contribution in [0.5, 0.6) is 5.75 Å². The van der Waals surface area contributed by atoms with Crippen LogP contribution in [-0.2, 0) is 15.7 Å². The van der Waals surface area contributed by atoms with E-state index in [2.05, 4.69) is 25.9 Å². The molecule has 0 atom stereocenters. The van der Waals surface area contributed by atoms with Crippen LogP contribution in [0.2, 0.25) is 5.02 Å². The maximum absolute atomic E-state index is 12.7. The monoisotopic (exact) mass is 554 g/mol. The highest BCUT2D eigenvalue weighted by atomic mass is 35.5. The predicted molar refractivity (Wildman–Crippen MR) is 151 cm³/mol. The molecule has 0 aliphatic carbocycles. The Morgan fingerprint density at radius 3 is 2.37 bits per heavy atom. The molecular weight excluding hydrogens is 528 g/mol. The Morgan fingerprint density at radius 1 is 1.00 bits per heavy atom. The van der Waals surface area contributed by atoms with Gasteiger partial charge in [-0.05, 0) is 63.4 Å². The zero-order valence-electron chi connectivity index (χ0n) is 21.2. The molecule has 4 rings (SSSR count). The summed E-state index contributed by atoms with van der Waals surface area (Å²) in [6, 6.07) is 18.6. The van der Waals surface area contributed by atoms with Gasteiger partial charge in [-0.2, -0.15) is 0 Å². The predicted octanol–water partition coefficient (Wildman–Crippen LogP) is 4.64. The van der Waals surface area contributed by atoms with E-state index < -0.39 is 16.4 Å². The number of fused-ring (bicyclic) bond motifs is 1. The number of anilines is 5. The molecule has 0 fully saturated rings. The molecule has 1 heterocycles. The molecular formula is C26H27ClN6O4S. The van der Waals surface area contributed by atoms with Gasteiger partial charge in [0.25, 0.3) is 0 Å². The molecule has 10 nitrogen and oxygen atoms in total. The van der Waals surface area contributed by atoms with Crippen LogP contribution in [0.25, 0.3) is 11.0 Å². The molecule has 3 N–H and O–H groups in total. The summed E-state index contributed by atoms with van der Waals surface area (Å²) in [4.78, 5) is 22.0. The first-order chi connectivity index (χ1) is 18.1. The number of thiol groups is 1. The van der Waals surface area contributed by atoms with E-state index in [1.807, 2.05) is 6.07 Å². The number of para-hydroxylation sites is 2. The third-order valence-corrected chi connectivity index (χ3v) is 6.96. The number of benzene rings is 3. The number of aromatic nitrogens is 2. The zero-order chi connectivity index (χ0) is 27.4. The van der Waals surface area contributed by atoms with Gasteiger partial charge in [0.1, 0.15) is 5.75 Å². The molecule has 0 aliphatic heterocycles. The molecule has 0 bridgehead atoms. The summed E-state index contributed by atoms with van der Waals surface area (Å²) in [6.45, 7) is 3.47. The summed E-state index contributed by atoms with van der Waals surface area (Å²) in [5, 5.41) is 9.24. The third-order valence-electron chi connectivity index (χ3n) is 5.88. The van der Waals surface area contributed by atoms with E-state index in [1.165, 1.54) is 7.11 Å². The first-order valence-electron chi connectivity index (χ1n) is 11.5. The smallest absolute Gasteiger partial charge is 0.244 e. The molecule has 198 valence electrons. The van der Waals surface area contributed by atoms with Crippen molar-refractivity contribution in [2.24, 2.45) is 0 Å². The topological polar surface area (TPSA) is 126 Å². The quantitative estimate of drug-likeness (QED) is 0.221. The summed E-state index contributed by atoms with van der Waals surface area (Å²) in [5.74, 6) is 0.448. The van der Waals surface area contributed by atoms with Gasteiger partial charge in [0.15, 0.2) is 11.6 Å². The lowest BCUT2D eigenvalue weighted by molar-refractivity contribution is -0.121. The van der Waals surface area contributed by atoms with Gasteiger partial charge in [-0.1, -0.05) is 29.8 Å². The van der Waals surface area contributed by atoms with Gasteiger partial charge in [0.05, 0.1) is 40.1 Å². The zero-order valence-corrected chi connectivity index (χ0v) is 22.8. The molecule has 3 aromatic carbocycles. The van der Waals surface area contributed by atoms with Gasteiger partial charge in [-0.15, -0.1) is 0 Å². The normalized spacial score (nSPS) is 11.4. The number of nitrogens with one attached hydrogen (secondary N) is 3. The third kappa shape index (κ3) is 5.80. The molecule has 1 amide bonds. The van der Waals surface area contributed by atoms with Gasteiger partial charge in [-0.3, -0.25) is 4.79 Å². The minimum absolute atomic E-state index is 0.0257. The van der Waals surface area contributed by atoms with Crippen LogP contribution in [0.15, 0.2) is 66.7 Å². The number of hydrogen-bond acceptors (Lipinski definition) is 8. The average Bonchev–Trinajstić information content (AvgIpc) is 2.90. The Morgan fingerprint density at radius 2 is 1.71 bits per heavy atom. The van der Waals surface area contributed by atoms with Gasteiger partial charge >= 0.3 is 0 Å². The minimum Gasteiger partial charge on any atom is -0.497 e. The number of rotatable bonds is 9. The number of ether oxygens (including phenoxy) is 1. The number of likely N-dealkylation sites (N-methyl/N-ethyl adjacent to an activating group) is 1. The Bertz CT molecular complexity index is 1570. The molecule has 0 radical (unpaired) electrons. The van der Waals surface area contributed by atoms with Crippen molar-refractivity contribution >= 4 is 68.1 Å². The molecule has 0 saturated heterocycles.